The number of alkyl carbamates (subject to hydrolysis) is 1. The summed E-state index contributed by atoms with van der Waals surface area (Å²) >= 11 is 0. The molecule has 0 fully saturated rings. The molecule has 0 bridgehead atoms. The molecule has 0 saturated carbocycles. The molecule has 1 aromatic heterocycles. The molecule has 2 unspecified atom stereocenters. The van der Waals surface area contributed by atoms with Crippen molar-refractivity contribution in [1.82, 2.24) is 20.4 Å². The number of hydrogen-bond acceptors (Lipinski definition) is 6. The molecule has 182 valence electrons. The van der Waals surface area contributed by atoms with Gasteiger partial charge in [-0.3, -0.25) is 9.48 Å². The molecular formula is C25H26N4O6. The molecule has 3 N–H and O–H groups in total. The number of carboxylic acids is 1. The maximum atomic E-state index is 12.8. The molecule has 0 aliphatic heterocycles. The summed E-state index contributed by atoms with van der Waals surface area (Å²) in [5.41, 5.74) is 4.61. The van der Waals surface area contributed by atoms with Gasteiger partial charge < -0.3 is 25.2 Å². The first-order valence-corrected chi connectivity index (χ1v) is 11.0. The summed E-state index contributed by atoms with van der Waals surface area (Å²) in [4.78, 5) is 37.2. The van der Waals surface area contributed by atoms with E-state index < -0.39 is 30.1 Å². The van der Waals surface area contributed by atoms with Gasteiger partial charge in [0.2, 0.25) is 5.91 Å². The van der Waals surface area contributed by atoms with Crippen molar-refractivity contribution in [3.63, 3.8) is 0 Å². The van der Waals surface area contributed by atoms with Crippen LogP contribution in [0.5, 0.6) is 0 Å². The number of nitrogens with zero attached hydrogens (tertiary/aromatic N) is 2. The van der Waals surface area contributed by atoms with Crippen LogP contribution >= 0.6 is 0 Å². The maximum Gasteiger partial charge on any atom is 0.407 e. The first-order chi connectivity index (χ1) is 16.9. The van der Waals surface area contributed by atoms with Gasteiger partial charge in [0.25, 0.3) is 0 Å². The summed E-state index contributed by atoms with van der Waals surface area (Å²) in [6, 6.07) is 14.9. The number of ether oxygens (including phenoxy) is 2. The fourth-order valence-corrected chi connectivity index (χ4v) is 4.30. The van der Waals surface area contributed by atoms with Gasteiger partial charge in [-0.1, -0.05) is 48.5 Å². The smallest absolute Gasteiger partial charge is 0.407 e. The van der Waals surface area contributed by atoms with E-state index in [0.29, 0.717) is 0 Å². The molecule has 1 aliphatic rings. The SMILES string of the molecule is COCC(NC(=O)OCC1c2ccccc2-c2ccccc21)C(=O)NC(C(=O)O)c1ccnn1C. The number of amides is 2. The van der Waals surface area contributed by atoms with Crippen molar-refractivity contribution in [2.45, 2.75) is 18.0 Å². The number of fused-ring (bicyclic) bond motifs is 3. The van der Waals surface area contributed by atoms with Crippen molar-refractivity contribution in [2.24, 2.45) is 7.05 Å². The van der Waals surface area contributed by atoms with Crippen LogP contribution in [-0.4, -0.2) is 59.2 Å². The van der Waals surface area contributed by atoms with Crippen LogP contribution in [0, 0.1) is 0 Å². The van der Waals surface area contributed by atoms with Gasteiger partial charge in [0.1, 0.15) is 12.6 Å². The molecule has 2 aromatic carbocycles. The number of aromatic nitrogens is 2. The van der Waals surface area contributed by atoms with E-state index in [-0.39, 0.29) is 24.8 Å². The zero-order valence-electron chi connectivity index (χ0n) is 19.3. The average molecular weight is 479 g/mol. The molecule has 10 heteroatoms. The molecule has 2 amide bonds. The van der Waals surface area contributed by atoms with E-state index in [4.69, 9.17) is 9.47 Å². The number of aliphatic carboxylic acids is 1. The van der Waals surface area contributed by atoms with Crippen LogP contribution in [0.2, 0.25) is 0 Å². The van der Waals surface area contributed by atoms with E-state index >= 15 is 0 Å². The minimum absolute atomic E-state index is 0.0773. The first kappa shape index (κ1) is 24.0. The monoisotopic (exact) mass is 478 g/mol. The lowest BCUT2D eigenvalue weighted by Gasteiger charge is -2.21. The average Bonchev–Trinajstić information content (AvgIpc) is 3.41. The van der Waals surface area contributed by atoms with E-state index in [9.17, 15) is 19.5 Å². The number of nitrogens with one attached hydrogen (secondary N) is 2. The summed E-state index contributed by atoms with van der Waals surface area (Å²) < 4.78 is 11.9. The zero-order valence-corrected chi connectivity index (χ0v) is 19.3. The fraction of sp³-hybridized carbons (Fsp3) is 0.280. The van der Waals surface area contributed by atoms with E-state index in [2.05, 4.69) is 15.7 Å². The van der Waals surface area contributed by atoms with Crippen molar-refractivity contribution >= 4 is 18.0 Å². The molecule has 1 aliphatic carbocycles. The normalized spacial score (nSPS) is 13.9. The summed E-state index contributed by atoms with van der Waals surface area (Å²) in [7, 11) is 2.94. The molecule has 0 spiro atoms. The molecule has 10 nitrogen and oxygen atoms in total. The van der Waals surface area contributed by atoms with Crippen LogP contribution in [0.15, 0.2) is 60.8 Å². The Kier molecular flexibility index (Phi) is 7.11. The number of carbonyl (C=O) groups is 3. The second-order valence-electron chi connectivity index (χ2n) is 8.14. The molecular weight excluding hydrogens is 452 g/mol. The molecule has 35 heavy (non-hydrogen) atoms. The standard InChI is InChI=1S/C25H26N4O6/c1-29-21(11-12-26-29)22(24(31)32)28-23(30)20(14-34-2)27-25(33)35-13-19-17-9-5-3-7-15(17)16-8-4-6-10-18(16)19/h3-12,19-20,22H,13-14H2,1-2H3,(H,27,33)(H,28,30)(H,31,32). The van der Waals surface area contributed by atoms with Crippen molar-refractivity contribution in [3.05, 3.63) is 77.6 Å². The fourth-order valence-electron chi connectivity index (χ4n) is 4.30. The van der Waals surface area contributed by atoms with Gasteiger partial charge in [0.05, 0.1) is 12.3 Å². The maximum absolute atomic E-state index is 12.8. The number of benzene rings is 2. The van der Waals surface area contributed by atoms with Gasteiger partial charge in [-0.05, 0) is 28.3 Å². The predicted molar refractivity (Wildman–Crippen MR) is 126 cm³/mol. The Bertz CT molecular complexity index is 1190. The summed E-state index contributed by atoms with van der Waals surface area (Å²) in [5.74, 6) is -2.13. The lowest BCUT2D eigenvalue weighted by Crippen LogP contribution is -2.51. The number of aryl methyl sites for hydroxylation is 1. The molecule has 0 saturated heterocycles. The third-order valence-corrected chi connectivity index (χ3v) is 5.97. The van der Waals surface area contributed by atoms with Crippen molar-refractivity contribution < 1.29 is 29.0 Å². The van der Waals surface area contributed by atoms with Gasteiger partial charge in [-0.15, -0.1) is 0 Å². The van der Waals surface area contributed by atoms with E-state index in [1.165, 1.54) is 24.1 Å². The van der Waals surface area contributed by atoms with Crippen LogP contribution in [0.25, 0.3) is 11.1 Å². The van der Waals surface area contributed by atoms with Crippen LogP contribution in [0.4, 0.5) is 4.79 Å². The topological polar surface area (TPSA) is 132 Å². The number of hydrogen-bond donors (Lipinski definition) is 3. The molecule has 3 aromatic rings. The highest BCUT2D eigenvalue weighted by Crippen LogP contribution is 2.44. The van der Waals surface area contributed by atoms with Crippen LogP contribution in [0.3, 0.4) is 0 Å². The van der Waals surface area contributed by atoms with E-state index in [1.54, 1.807) is 7.05 Å². The lowest BCUT2D eigenvalue weighted by atomic mass is 9.98. The number of carbonyl (C=O) groups excluding carboxylic acids is 2. The quantitative estimate of drug-likeness (QED) is 0.430. The highest BCUT2D eigenvalue weighted by molar-refractivity contribution is 5.89. The minimum atomic E-state index is -1.35. The summed E-state index contributed by atoms with van der Waals surface area (Å²) in [5, 5.41) is 18.4. The van der Waals surface area contributed by atoms with Gasteiger partial charge in [-0.25, -0.2) is 9.59 Å². The third kappa shape index (κ3) is 5.02. The van der Waals surface area contributed by atoms with Crippen molar-refractivity contribution in [1.29, 1.82) is 0 Å². The Balaban J connectivity index is 1.42. The summed E-state index contributed by atoms with van der Waals surface area (Å²) in [6.45, 7) is -0.0955. The van der Waals surface area contributed by atoms with Gasteiger partial charge >= 0.3 is 12.1 Å². The molecule has 1 heterocycles. The second-order valence-corrected chi connectivity index (χ2v) is 8.14. The van der Waals surface area contributed by atoms with Crippen LogP contribution in [0.1, 0.15) is 28.8 Å². The Morgan fingerprint density at radius 3 is 2.20 bits per heavy atom. The molecule has 0 radical (unpaired) electrons. The molecule has 4 rings (SSSR count). The second kappa shape index (κ2) is 10.4. The van der Waals surface area contributed by atoms with Gasteiger partial charge in [0, 0.05) is 26.3 Å². The number of carboxylic acid groups (broad SMARTS) is 1. The predicted octanol–water partition coefficient (Wildman–Crippen LogP) is 2.22. The third-order valence-electron chi connectivity index (χ3n) is 5.97. The summed E-state index contributed by atoms with van der Waals surface area (Å²) in [6.07, 6.45) is 0.621. The Morgan fingerprint density at radius 2 is 1.66 bits per heavy atom. The highest BCUT2D eigenvalue weighted by Gasteiger charge is 2.31. The number of methoxy groups -OCH3 is 1. The Hall–Kier alpha value is -4.18. The Morgan fingerprint density at radius 1 is 1.03 bits per heavy atom. The highest BCUT2D eigenvalue weighted by atomic mass is 16.5. The largest absolute Gasteiger partial charge is 0.479 e. The number of rotatable bonds is 9. The minimum Gasteiger partial charge on any atom is -0.479 e. The van der Waals surface area contributed by atoms with Crippen LogP contribution < -0.4 is 10.6 Å². The molecule has 2 atom stereocenters. The lowest BCUT2D eigenvalue weighted by molar-refractivity contribution is -0.142. The van der Waals surface area contributed by atoms with E-state index in [0.717, 1.165) is 22.3 Å². The van der Waals surface area contributed by atoms with Crippen LogP contribution in [-0.2, 0) is 26.1 Å². The van der Waals surface area contributed by atoms with E-state index in [1.807, 2.05) is 48.5 Å². The van der Waals surface area contributed by atoms with Gasteiger partial charge in [0.15, 0.2) is 6.04 Å². The van der Waals surface area contributed by atoms with Crippen molar-refractivity contribution in [2.75, 3.05) is 20.3 Å². The zero-order chi connectivity index (χ0) is 24.9. The first-order valence-electron chi connectivity index (χ1n) is 11.0. The van der Waals surface area contributed by atoms with Crippen molar-refractivity contribution in [3.8, 4) is 11.1 Å². The Labute approximate surface area is 201 Å². The van der Waals surface area contributed by atoms with Gasteiger partial charge in [-0.2, -0.15) is 5.10 Å².